The van der Waals surface area contributed by atoms with Crippen molar-refractivity contribution in [3.8, 4) is 0 Å². The maximum atomic E-state index is 5.31. The van der Waals surface area contributed by atoms with Crippen LogP contribution >= 0.6 is 0 Å². The highest BCUT2D eigenvalue weighted by molar-refractivity contribution is 4.91. The van der Waals surface area contributed by atoms with Gasteiger partial charge in [-0.3, -0.25) is 10.5 Å². The summed E-state index contributed by atoms with van der Waals surface area (Å²) in [5.41, 5.74) is 2.67. The smallest absolute Gasteiger partial charge is 0.145 e. The van der Waals surface area contributed by atoms with Gasteiger partial charge in [0, 0.05) is 7.05 Å². The van der Waals surface area contributed by atoms with E-state index in [2.05, 4.69) is 15.5 Å². The molecule has 1 rings (SSSR count). The Hall–Kier alpha value is -0.940. The average Bonchev–Trinajstić information content (AvgIpc) is 2.40. The Labute approximate surface area is 65.6 Å². The monoisotopic (exact) mass is 155 g/mol. The van der Waals surface area contributed by atoms with E-state index in [1.54, 1.807) is 4.68 Å². The molecule has 1 aromatic heterocycles. The van der Waals surface area contributed by atoms with Crippen LogP contribution in [0.4, 0.5) is 0 Å². The second kappa shape index (κ2) is 3.45. The highest BCUT2D eigenvalue weighted by Gasteiger charge is 2.11. The van der Waals surface area contributed by atoms with E-state index in [0.717, 1.165) is 12.2 Å². The highest BCUT2D eigenvalue weighted by Crippen LogP contribution is 2.09. The van der Waals surface area contributed by atoms with Crippen LogP contribution in [0, 0.1) is 0 Å². The van der Waals surface area contributed by atoms with Crippen molar-refractivity contribution in [1.29, 1.82) is 0 Å². The Morgan fingerprint density at radius 2 is 2.55 bits per heavy atom. The number of aryl methyl sites for hydroxylation is 1. The Morgan fingerprint density at radius 3 is 2.91 bits per heavy atom. The molecule has 0 aliphatic carbocycles. The number of hydrogen-bond acceptors (Lipinski definition) is 4. The normalized spacial score (nSPS) is 13.4. The van der Waals surface area contributed by atoms with Gasteiger partial charge in [-0.2, -0.15) is 5.10 Å². The van der Waals surface area contributed by atoms with E-state index in [-0.39, 0.29) is 6.04 Å². The van der Waals surface area contributed by atoms with Gasteiger partial charge >= 0.3 is 0 Å². The standard InChI is InChI=1S/C6H13N5/c1-3-5(10-7)6-8-4-9-11(6)2/h4-5,10H,3,7H2,1-2H3. The Balaban J connectivity index is 2.81. The van der Waals surface area contributed by atoms with Crippen LogP contribution in [0.3, 0.4) is 0 Å². The Morgan fingerprint density at radius 1 is 1.82 bits per heavy atom. The molecule has 0 amide bonds. The summed E-state index contributed by atoms with van der Waals surface area (Å²) in [6, 6.07) is 0.0995. The summed E-state index contributed by atoms with van der Waals surface area (Å²) in [6.07, 6.45) is 2.43. The summed E-state index contributed by atoms with van der Waals surface area (Å²) in [5, 5.41) is 3.94. The molecule has 0 bridgehead atoms. The molecule has 0 fully saturated rings. The van der Waals surface area contributed by atoms with Crippen LogP contribution in [0.5, 0.6) is 0 Å². The second-order valence-electron chi connectivity index (χ2n) is 2.37. The highest BCUT2D eigenvalue weighted by atomic mass is 15.3. The lowest BCUT2D eigenvalue weighted by Gasteiger charge is -2.11. The fraction of sp³-hybridized carbons (Fsp3) is 0.667. The van der Waals surface area contributed by atoms with Gasteiger partial charge in [0.2, 0.25) is 0 Å². The number of aromatic nitrogens is 3. The largest absolute Gasteiger partial charge is 0.271 e. The molecule has 3 N–H and O–H groups in total. The number of rotatable bonds is 3. The fourth-order valence-corrected chi connectivity index (χ4v) is 0.996. The van der Waals surface area contributed by atoms with E-state index in [9.17, 15) is 0 Å². The maximum Gasteiger partial charge on any atom is 0.145 e. The van der Waals surface area contributed by atoms with Crippen molar-refractivity contribution in [2.24, 2.45) is 12.9 Å². The molecule has 5 nitrogen and oxygen atoms in total. The van der Waals surface area contributed by atoms with Gasteiger partial charge in [0.25, 0.3) is 0 Å². The van der Waals surface area contributed by atoms with Gasteiger partial charge in [-0.1, -0.05) is 6.92 Å². The van der Waals surface area contributed by atoms with Crippen LogP contribution in [-0.2, 0) is 7.05 Å². The van der Waals surface area contributed by atoms with E-state index in [1.165, 1.54) is 6.33 Å². The fourth-order valence-electron chi connectivity index (χ4n) is 0.996. The molecule has 1 aromatic rings. The lowest BCUT2D eigenvalue weighted by molar-refractivity contribution is 0.486. The quantitative estimate of drug-likeness (QED) is 0.465. The molecular formula is C6H13N5. The lowest BCUT2D eigenvalue weighted by Crippen LogP contribution is -2.29. The zero-order valence-corrected chi connectivity index (χ0v) is 6.78. The zero-order valence-electron chi connectivity index (χ0n) is 6.78. The zero-order chi connectivity index (χ0) is 8.27. The predicted molar refractivity (Wildman–Crippen MR) is 41.4 cm³/mol. The minimum atomic E-state index is 0.0995. The summed E-state index contributed by atoms with van der Waals surface area (Å²) in [5.74, 6) is 6.18. The number of hydrogen-bond donors (Lipinski definition) is 2. The van der Waals surface area contributed by atoms with E-state index >= 15 is 0 Å². The van der Waals surface area contributed by atoms with Crippen LogP contribution < -0.4 is 11.3 Å². The molecule has 11 heavy (non-hydrogen) atoms. The second-order valence-corrected chi connectivity index (χ2v) is 2.37. The van der Waals surface area contributed by atoms with Gasteiger partial charge in [0.05, 0.1) is 6.04 Å². The van der Waals surface area contributed by atoms with Crippen molar-refractivity contribution in [2.45, 2.75) is 19.4 Å². The molecule has 5 heteroatoms. The van der Waals surface area contributed by atoms with Crippen LogP contribution in [0.15, 0.2) is 6.33 Å². The SMILES string of the molecule is CCC(NN)c1ncnn1C. The van der Waals surface area contributed by atoms with E-state index in [1.807, 2.05) is 14.0 Å². The average molecular weight is 155 g/mol. The number of nitrogens with one attached hydrogen (secondary N) is 1. The summed E-state index contributed by atoms with van der Waals surface area (Å²) >= 11 is 0. The molecule has 0 aliphatic heterocycles. The minimum absolute atomic E-state index is 0.0995. The third-order valence-corrected chi connectivity index (χ3v) is 1.67. The van der Waals surface area contributed by atoms with Crippen molar-refractivity contribution >= 4 is 0 Å². The molecule has 1 unspecified atom stereocenters. The molecule has 0 saturated carbocycles. The molecular weight excluding hydrogens is 142 g/mol. The first kappa shape index (κ1) is 8.16. The van der Waals surface area contributed by atoms with Crippen LogP contribution in [0.1, 0.15) is 25.2 Å². The summed E-state index contributed by atoms with van der Waals surface area (Å²) < 4.78 is 1.72. The van der Waals surface area contributed by atoms with Crippen molar-refractivity contribution in [3.05, 3.63) is 12.2 Å². The minimum Gasteiger partial charge on any atom is -0.271 e. The summed E-state index contributed by atoms with van der Waals surface area (Å²) in [6.45, 7) is 2.04. The molecule has 1 heterocycles. The van der Waals surface area contributed by atoms with Gasteiger partial charge in [0.1, 0.15) is 12.2 Å². The van der Waals surface area contributed by atoms with Gasteiger partial charge in [0.15, 0.2) is 0 Å². The first-order valence-corrected chi connectivity index (χ1v) is 3.59. The third kappa shape index (κ3) is 1.55. The van der Waals surface area contributed by atoms with Crippen molar-refractivity contribution in [3.63, 3.8) is 0 Å². The van der Waals surface area contributed by atoms with Crippen molar-refractivity contribution in [2.75, 3.05) is 0 Å². The van der Waals surface area contributed by atoms with E-state index < -0.39 is 0 Å². The predicted octanol–water partition coefficient (Wildman–Crippen LogP) is -0.271. The molecule has 62 valence electrons. The molecule has 0 spiro atoms. The van der Waals surface area contributed by atoms with Gasteiger partial charge < -0.3 is 0 Å². The van der Waals surface area contributed by atoms with Crippen LogP contribution in [0.25, 0.3) is 0 Å². The van der Waals surface area contributed by atoms with Crippen molar-refractivity contribution in [1.82, 2.24) is 20.2 Å². The summed E-state index contributed by atoms with van der Waals surface area (Å²) in [4.78, 5) is 4.07. The maximum absolute atomic E-state index is 5.31. The van der Waals surface area contributed by atoms with Gasteiger partial charge in [-0.05, 0) is 6.42 Å². The third-order valence-electron chi connectivity index (χ3n) is 1.67. The van der Waals surface area contributed by atoms with E-state index in [0.29, 0.717) is 0 Å². The molecule has 1 atom stereocenters. The number of hydrazine groups is 1. The first-order valence-electron chi connectivity index (χ1n) is 3.59. The van der Waals surface area contributed by atoms with Gasteiger partial charge in [-0.15, -0.1) is 0 Å². The summed E-state index contributed by atoms with van der Waals surface area (Å²) in [7, 11) is 1.85. The Bertz CT molecular complexity index is 215. The van der Waals surface area contributed by atoms with Crippen LogP contribution in [-0.4, -0.2) is 14.8 Å². The van der Waals surface area contributed by atoms with E-state index in [4.69, 9.17) is 5.84 Å². The number of nitrogens with two attached hydrogens (primary N) is 1. The lowest BCUT2D eigenvalue weighted by atomic mass is 10.2. The first-order chi connectivity index (χ1) is 5.29. The van der Waals surface area contributed by atoms with Crippen LogP contribution in [0.2, 0.25) is 0 Å². The number of nitrogens with zero attached hydrogens (tertiary/aromatic N) is 3. The Kier molecular flexibility index (Phi) is 2.56. The van der Waals surface area contributed by atoms with Crippen molar-refractivity contribution < 1.29 is 0 Å². The topological polar surface area (TPSA) is 68.8 Å². The molecule has 0 radical (unpaired) electrons. The molecule has 0 aliphatic rings. The molecule has 0 aromatic carbocycles. The molecule has 0 saturated heterocycles. The van der Waals surface area contributed by atoms with Gasteiger partial charge in [-0.25, -0.2) is 10.4 Å².